The summed E-state index contributed by atoms with van der Waals surface area (Å²) in [6, 6.07) is 40.2. The Morgan fingerprint density at radius 1 is 0.511 bits per heavy atom. The molecule has 0 fully saturated rings. The van der Waals surface area contributed by atoms with Crippen LogP contribution in [0.25, 0.3) is 43.1 Å². The van der Waals surface area contributed by atoms with Crippen LogP contribution < -0.4 is 10.1 Å². The number of rotatable bonds is 2. The molecule has 0 aliphatic rings. The molecule has 7 aromatic rings. The molecule has 7 aromatic carbocycles. The highest BCUT2D eigenvalue weighted by molar-refractivity contribution is 6.11. The fourth-order valence-corrected chi connectivity index (χ4v) is 5.87. The number of methoxy groups -OCH3 is 1. The van der Waals surface area contributed by atoms with Crippen LogP contribution in [-0.4, -0.2) is 14.2 Å². The number of aryl methyl sites for hydroxylation is 1. The molecule has 0 saturated carbocycles. The number of anilines is 1. The second-order valence-corrected chi connectivity index (χ2v) is 10.7. The molecule has 0 aliphatic heterocycles. The van der Waals surface area contributed by atoms with Gasteiger partial charge in [0.25, 0.3) is 0 Å². The Morgan fingerprint density at radius 2 is 1.07 bits per heavy atom. The molecule has 7 rings (SSSR count). The number of ether oxygens (including phenoxy) is 1. The number of hydrogen-bond donors (Lipinski definition) is 1. The first-order valence-corrected chi connectivity index (χ1v) is 15.4. The van der Waals surface area contributed by atoms with Crippen LogP contribution in [0.1, 0.15) is 41.7 Å². The van der Waals surface area contributed by atoms with Crippen LogP contribution in [0.4, 0.5) is 5.69 Å². The van der Waals surface area contributed by atoms with Crippen LogP contribution in [0.2, 0.25) is 0 Å². The number of benzene rings is 7. The van der Waals surface area contributed by atoms with Gasteiger partial charge >= 0.3 is 0 Å². The first-order valence-electron chi connectivity index (χ1n) is 15.4. The largest absolute Gasteiger partial charge is 0.497 e. The van der Waals surface area contributed by atoms with Gasteiger partial charge in [-0.15, -0.1) is 0 Å². The van der Waals surface area contributed by atoms with E-state index in [9.17, 15) is 0 Å². The third kappa shape index (κ3) is 5.68. The van der Waals surface area contributed by atoms with Gasteiger partial charge in [-0.2, -0.15) is 0 Å². The van der Waals surface area contributed by atoms with Gasteiger partial charge in [0.05, 0.1) is 7.11 Å². The van der Waals surface area contributed by atoms with Gasteiger partial charge in [0, 0.05) is 40.4 Å². The lowest BCUT2D eigenvalue weighted by molar-refractivity contribution is 0.415. The van der Waals surface area contributed by atoms with Crippen molar-refractivity contribution in [1.82, 2.24) is 0 Å². The summed E-state index contributed by atoms with van der Waals surface area (Å²) in [6.45, 7) is 6.12. The zero-order chi connectivity index (χ0) is 31.3. The van der Waals surface area contributed by atoms with E-state index < -0.39 is 0 Å². The van der Waals surface area contributed by atoms with Crippen molar-refractivity contribution in [2.45, 2.75) is 20.8 Å². The van der Waals surface area contributed by atoms with Crippen molar-refractivity contribution in [3.05, 3.63) is 143 Å². The average Bonchev–Trinajstić information content (AvgIpc) is 3.09. The number of fused-ring (bicyclic) bond motifs is 4. The molecule has 0 amide bonds. The van der Waals surface area contributed by atoms with Gasteiger partial charge in [0.2, 0.25) is 0 Å². The Labute approximate surface area is 265 Å². The minimum absolute atomic E-state index is 0.838. The van der Waals surface area contributed by atoms with Gasteiger partial charge in [-0.05, 0) is 87.1 Å². The van der Waals surface area contributed by atoms with Crippen LogP contribution in [0.3, 0.4) is 0 Å². The highest BCUT2D eigenvalue weighted by Gasteiger charge is 2.13. The molecule has 45 heavy (non-hydrogen) atoms. The maximum absolute atomic E-state index is 5.44. The molecular weight excluding hydrogens is 546 g/mol. The fraction of sp³-hybridized carbons (Fsp3) is 0.116. The summed E-state index contributed by atoms with van der Waals surface area (Å²) < 4.78 is 5.44. The van der Waals surface area contributed by atoms with Crippen molar-refractivity contribution in [3.8, 4) is 29.4 Å². The van der Waals surface area contributed by atoms with Gasteiger partial charge in [-0.1, -0.05) is 116 Å². The van der Waals surface area contributed by atoms with Crippen LogP contribution in [0, 0.1) is 30.6 Å². The highest BCUT2D eigenvalue weighted by Crippen LogP contribution is 2.34. The van der Waals surface area contributed by atoms with E-state index in [-0.39, 0.29) is 0 Å². The molecule has 0 aliphatic carbocycles. The Bertz CT molecular complexity index is 2340. The van der Waals surface area contributed by atoms with Gasteiger partial charge in [-0.25, -0.2) is 0 Å². The maximum atomic E-state index is 5.44. The summed E-state index contributed by atoms with van der Waals surface area (Å²) in [7, 11) is 3.64. The van der Waals surface area contributed by atoms with Crippen molar-refractivity contribution >= 4 is 48.8 Å². The third-order valence-electron chi connectivity index (χ3n) is 8.08. The van der Waals surface area contributed by atoms with Crippen molar-refractivity contribution in [2.75, 3.05) is 19.5 Å². The van der Waals surface area contributed by atoms with Gasteiger partial charge in [0.1, 0.15) is 5.75 Å². The topological polar surface area (TPSA) is 21.3 Å². The molecule has 0 radical (unpaired) electrons. The summed E-state index contributed by atoms with van der Waals surface area (Å²) in [4.78, 5) is 0. The lowest BCUT2D eigenvalue weighted by atomic mass is 9.91. The molecule has 218 valence electrons. The van der Waals surface area contributed by atoms with Crippen molar-refractivity contribution in [3.63, 3.8) is 0 Å². The van der Waals surface area contributed by atoms with Crippen molar-refractivity contribution in [2.24, 2.45) is 0 Å². The molecule has 2 nitrogen and oxygen atoms in total. The van der Waals surface area contributed by atoms with Crippen LogP contribution >= 0.6 is 0 Å². The Balaban J connectivity index is 0.00000175. The molecule has 0 spiro atoms. The number of hydrogen-bond acceptors (Lipinski definition) is 2. The summed E-state index contributed by atoms with van der Waals surface area (Å²) >= 11 is 0. The van der Waals surface area contributed by atoms with Crippen LogP contribution in [0.5, 0.6) is 5.75 Å². The Hall–Kier alpha value is -5.70. The molecule has 2 heteroatoms. The lowest BCUT2D eigenvalue weighted by Crippen LogP contribution is -1.93. The standard InChI is InChI=1S/C41H29NO.C2H6/c1-27-14-19-34-28(8-6-10-30(34)24-27)16-21-39-37-13-5-4-12-36(37)38(40-22-17-32(42-2)26-41(39)40)20-15-29-9-7-11-31-25-33(43-3)18-23-35(29)31;1-2/h4-14,17-19,22-26,42H,1-3H3;1-2H3. The van der Waals surface area contributed by atoms with Gasteiger partial charge in [0.15, 0.2) is 0 Å². The first-order chi connectivity index (χ1) is 22.1. The van der Waals surface area contributed by atoms with E-state index in [2.05, 4.69) is 145 Å². The quantitative estimate of drug-likeness (QED) is 0.162. The number of nitrogens with one attached hydrogen (secondary N) is 1. The molecule has 0 unspecified atom stereocenters. The predicted molar refractivity (Wildman–Crippen MR) is 193 cm³/mol. The van der Waals surface area contributed by atoms with Crippen molar-refractivity contribution < 1.29 is 4.74 Å². The maximum Gasteiger partial charge on any atom is 0.119 e. The average molecular weight is 582 g/mol. The minimum atomic E-state index is 0.838. The Kier molecular flexibility index (Phi) is 8.41. The van der Waals surface area contributed by atoms with Crippen LogP contribution in [0.15, 0.2) is 115 Å². The lowest BCUT2D eigenvalue weighted by Gasteiger charge is -2.12. The first kappa shape index (κ1) is 29.4. The van der Waals surface area contributed by atoms with E-state index in [0.29, 0.717) is 0 Å². The summed E-state index contributed by atoms with van der Waals surface area (Å²) in [6.07, 6.45) is 0. The van der Waals surface area contributed by atoms with Gasteiger partial charge in [-0.3, -0.25) is 0 Å². The molecule has 1 N–H and O–H groups in total. The van der Waals surface area contributed by atoms with Crippen LogP contribution in [-0.2, 0) is 0 Å². The third-order valence-corrected chi connectivity index (χ3v) is 8.08. The molecule has 0 bridgehead atoms. The van der Waals surface area contributed by atoms with Crippen molar-refractivity contribution in [1.29, 1.82) is 0 Å². The van der Waals surface area contributed by atoms with E-state index in [1.807, 2.05) is 27.0 Å². The normalized spacial score (nSPS) is 10.4. The van der Waals surface area contributed by atoms with Gasteiger partial charge < -0.3 is 10.1 Å². The second kappa shape index (κ2) is 12.9. The molecule has 0 atom stereocenters. The van der Waals surface area contributed by atoms with E-state index in [1.54, 1.807) is 7.11 Å². The fourth-order valence-electron chi connectivity index (χ4n) is 5.87. The van der Waals surface area contributed by atoms with E-state index >= 15 is 0 Å². The zero-order valence-electron chi connectivity index (χ0n) is 26.4. The van der Waals surface area contributed by atoms with E-state index in [0.717, 1.165) is 66.0 Å². The molecular formula is C43H35NO. The predicted octanol–water partition coefficient (Wildman–Crippen LogP) is 10.5. The zero-order valence-corrected chi connectivity index (χ0v) is 26.4. The highest BCUT2D eigenvalue weighted by atomic mass is 16.5. The smallest absolute Gasteiger partial charge is 0.119 e. The SMILES string of the molecule is CC.CNc1ccc2c(C#Cc3cccc4cc(OC)ccc34)c3ccccc3c(C#Cc3cccc4cc(C)ccc34)c2c1. The summed E-state index contributed by atoms with van der Waals surface area (Å²) in [5.41, 5.74) is 6.30. The molecule has 0 saturated heterocycles. The summed E-state index contributed by atoms with van der Waals surface area (Å²) in [5, 5.41) is 12.3. The molecule has 0 heterocycles. The minimum Gasteiger partial charge on any atom is -0.497 e. The Morgan fingerprint density at radius 3 is 1.69 bits per heavy atom. The monoisotopic (exact) mass is 581 g/mol. The van der Waals surface area contributed by atoms with E-state index in [1.165, 1.54) is 16.3 Å². The second-order valence-electron chi connectivity index (χ2n) is 10.7. The molecule has 0 aromatic heterocycles. The summed E-state index contributed by atoms with van der Waals surface area (Å²) in [5.74, 6) is 15.1. The van der Waals surface area contributed by atoms with E-state index in [4.69, 9.17) is 4.74 Å².